The highest BCUT2D eigenvalue weighted by Crippen LogP contribution is 2.19. The summed E-state index contributed by atoms with van der Waals surface area (Å²) in [5.41, 5.74) is 3.50. The van der Waals surface area contributed by atoms with E-state index in [0.29, 0.717) is 17.3 Å². The number of carbonyl (C=O) groups is 1. The molecule has 0 spiro atoms. The second-order valence-electron chi connectivity index (χ2n) is 5.72. The Hall–Kier alpha value is -2.40. The monoisotopic (exact) mass is 356 g/mol. The van der Waals surface area contributed by atoms with Crippen LogP contribution in [0.15, 0.2) is 48.5 Å². The van der Waals surface area contributed by atoms with Gasteiger partial charge in [-0.15, -0.1) is 0 Å². The number of rotatable bonds is 6. The number of hydrogen-bond donors (Lipinski definition) is 2. The van der Waals surface area contributed by atoms with Gasteiger partial charge in [-0.1, -0.05) is 43.3 Å². The number of carbonyl (C=O) groups excluding carboxylic acids is 1. The van der Waals surface area contributed by atoms with Crippen molar-refractivity contribution in [2.24, 2.45) is 0 Å². The second-order valence-corrected chi connectivity index (χ2v) is 6.13. The van der Waals surface area contributed by atoms with E-state index in [1.165, 1.54) is 5.56 Å². The van der Waals surface area contributed by atoms with Gasteiger partial charge in [0.15, 0.2) is 5.11 Å². The van der Waals surface area contributed by atoms with E-state index in [0.717, 1.165) is 17.7 Å². The number of aryl methyl sites for hydroxylation is 1. The summed E-state index contributed by atoms with van der Waals surface area (Å²) in [5.74, 6) is -0.333. The molecule has 2 aromatic rings. The molecule has 2 rings (SSSR count). The standard InChI is InChI=1S/C20H24N2O2S/c1-4-17(15-9-7-6-8-10-15)21-20(25)22-18-13-16(12-11-14(18)3)19(23)24-5-2/h6-13,17H,4-5H2,1-3H3,(H2,21,22,25). The fraction of sp³-hybridized carbons (Fsp3) is 0.300. The van der Waals surface area contributed by atoms with Crippen molar-refractivity contribution in [3.63, 3.8) is 0 Å². The van der Waals surface area contributed by atoms with Crippen molar-refractivity contribution in [3.8, 4) is 0 Å². The maximum Gasteiger partial charge on any atom is 0.338 e. The highest BCUT2D eigenvalue weighted by molar-refractivity contribution is 7.80. The maximum atomic E-state index is 11.9. The SMILES string of the molecule is CCOC(=O)c1ccc(C)c(NC(=S)NC(CC)c2ccccc2)c1. The van der Waals surface area contributed by atoms with E-state index >= 15 is 0 Å². The molecule has 0 bridgehead atoms. The van der Waals surface area contributed by atoms with E-state index in [4.69, 9.17) is 17.0 Å². The lowest BCUT2D eigenvalue weighted by molar-refractivity contribution is 0.0526. The molecule has 132 valence electrons. The topological polar surface area (TPSA) is 50.4 Å². The summed E-state index contributed by atoms with van der Waals surface area (Å²) in [5, 5.41) is 7.06. The summed E-state index contributed by atoms with van der Waals surface area (Å²) in [6, 6.07) is 15.7. The first-order valence-electron chi connectivity index (χ1n) is 8.45. The van der Waals surface area contributed by atoms with Crippen LogP contribution in [-0.4, -0.2) is 17.7 Å². The predicted molar refractivity (Wildman–Crippen MR) is 106 cm³/mol. The molecular formula is C20H24N2O2S. The Morgan fingerprint density at radius 1 is 1.16 bits per heavy atom. The number of thiocarbonyl (C=S) groups is 1. The van der Waals surface area contributed by atoms with E-state index < -0.39 is 0 Å². The van der Waals surface area contributed by atoms with Crippen LogP contribution in [0.4, 0.5) is 5.69 Å². The van der Waals surface area contributed by atoms with Crippen LogP contribution in [-0.2, 0) is 4.74 Å². The normalized spacial score (nSPS) is 11.5. The number of nitrogens with one attached hydrogen (secondary N) is 2. The van der Waals surface area contributed by atoms with Crippen molar-refractivity contribution >= 4 is 29.0 Å². The zero-order chi connectivity index (χ0) is 18.2. The highest BCUT2D eigenvalue weighted by Gasteiger charge is 2.13. The van der Waals surface area contributed by atoms with Crippen LogP contribution in [0.5, 0.6) is 0 Å². The fourth-order valence-corrected chi connectivity index (χ4v) is 2.77. The van der Waals surface area contributed by atoms with Gasteiger partial charge in [0, 0.05) is 5.69 Å². The van der Waals surface area contributed by atoms with Gasteiger partial charge in [-0.3, -0.25) is 0 Å². The molecule has 0 aliphatic heterocycles. The Morgan fingerprint density at radius 2 is 1.88 bits per heavy atom. The van der Waals surface area contributed by atoms with E-state index in [-0.39, 0.29) is 12.0 Å². The molecule has 2 N–H and O–H groups in total. The average Bonchev–Trinajstić information content (AvgIpc) is 2.62. The smallest absolute Gasteiger partial charge is 0.338 e. The van der Waals surface area contributed by atoms with Crippen molar-refractivity contribution in [1.82, 2.24) is 5.32 Å². The highest BCUT2D eigenvalue weighted by atomic mass is 32.1. The van der Waals surface area contributed by atoms with Crippen molar-refractivity contribution in [2.45, 2.75) is 33.2 Å². The van der Waals surface area contributed by atoms with Crippen molar-refractivity contribution in [2.75, 3.05) is 11.9 Å². The fourth-order valence-electron chi connectivity index (χ4n) is 2.52. The van der Waals surface area contributed by atoms with Crippen LogP contribution in [0.3, 0.4) is 0 Å². The zero-order valence-corrected chi connectivity index (χ0v) is 15.7. The Morgan fingerprint density at radius 3 is 2.52 bits per heavy atom. The van der Waals surface area contributed by atoms with Gasteiger partial charge < -0.3 is 15.4 Å². The van der Waals surface area contributed by atoms with Gasteiger partial charge in [-0.05, 0) is 55.7 Å². The summed E-state index contributed by atoms with van der Waals surface area (Å²) in [7, 11) is 0. The molecule has 2 aromatic carbocycles. The van der Waals surface area contributed by atoms with Gasteiger partial charge >= 0.3 is 5.97 Å². The Bertz CT molecular complexity index is 732. The molecule has 0 saturated carbocycles. The van der Waals surface area contributed by atoms with Crippen LogP contribution in [0, 0.1) is 6.92 Å². The van der Waals surface area contributed by atoms with Gasteiger partial charge in [0.2, 0.25) is 0 Å². The van der Waals surface area contributed by atoms with Crippen LogP contribution < -0.4 is 10.6 Å². The molecule has 4 nitrogen and oxygen atoms in total. The minimum atomic E-state index is -0.333. The van der Waals surface area contributed by atoms with Crippen LogP contribution in [0.2, 0.25) is 0 Å². The second kappa shape index (κ2) is 9.18. The molecule has 0 amide bonds. The minimum Gasteiger partial charge on any atom is -0.462 e. The third-order valence-corrected chi connectivity index (χ3v) is 4.13. The average molecular weight is 356 g/mol. The molecule has 25 heavy (non-hydrogen) atoms. The minimum absolute atomic E-state index is 0.134. The van der Waals surface area contributed by atoms with Crippen LogP contribution >= 0.6 is 12.2 Å². The molecule has 1 unspecified atom stereocenters. The quantitative estimate of drug-likeness (QED) is 0.585. The van der Waals surface area contributed by atoms with Gasteiger partial charge in [0.25, 0.3) is 0 Å². The molecule has 0 aliphatic rings. The molecule has 1 atom stereocenters. The Kier molecular flexibility index (Phi) is 6.95. The van der Waals surface area contributed by atoms with Gasteiger partial charge in [-0.25, -0.2) is 4.79 Å². The molecular weight excluding hydrogens is 332 g/mol. The molecule has 5 heteroatoms. The van der Waals surface area contributed by atoms with Crippen LogP contribution in [0.1, 0.15) is 47.8 Å². The molecule has 0 radical (unpaired) electrons. The summed E-state index contributed by atoms with van der Waals surface area (Å²) in [6.07, 6.45) is 0.910. The maximum absolute atomic E-state index is 11.9. The van der Waals surface area contributed by atoms with Crippen LogP contribution in [0.25, 0.3) is 0 Å². The molecule has 0 fully saturated rings. The number of hydrogen-bond acceptors (Lipinski definition) is 3. The summed E-state index contributed by atoms with van der Waals surface area (Å²) < 4.78 is 5.05. The number of anilines is 1. The predicted octanol–water partition coefficient (Wildman–Crippen LogP) is 4.61. The van der Waals surface area contributed by atoms with E-state index in [1.807, 2.05) is 31.2 Å². The van der Waals surface area contributed by atoms with E-state index in [9.17, 15) is 4.79 Å². The molecule has 0 saturated heterocycles. The number of ether oxygens (including phenoxy) is 1. The first-order chi connectivity index (χ1) is 12.0. The summed E-state index contributed by atoms with van der Waals surface area (Å²) >= 11 is 5.46. The van der Waals surface area contributed by atoms with Gasteiger partial charge in [-0.2, -0.15) is 0 Å². The zero-order valence-electron chi connectivity index (χ0n) is 14.8. The lowest BCUT2D eigenvalue weighted by atomic mass is 10.1. The van der Waals surface area contributed by atoms with Crippen molar-refractivity contribution in [1.29, 1.82) is 0 Å². The first kappa shape index (κ1) is 18.9. The lowest BCUT2D eigenvalue weighted by Crippen LogP contribution is -2.32. The molecule has 0 aromatic heterocycles. The largest absolute Gasteiger partial charge is 0.462 e. The lowest BCUT2D eigenvalue weighted by Gasteiger charge is -2.21. The van der Waals surface area contributed by atoms with Crippen molar-refractivity contribution < 1.29 is 9.53 Å². The van der Waals surface area contributed by atoms with E-state index in [2.05, 4.69) is 29.7 Å². The van der Waals surface area contributed by atoms with Gasteiger partial charge in [0.1, 0.15) is 0 Å². The summed E-state index contributed by atoms with van der Waals surface area (Å²) in [6.45, 7) is 6.22. The third-order valence-electron chi connectivity index (χ3n) is 3.91. The van der Waals surface area contributed by atoms with Gasteiger partial charge in [0.05, 0.1) is 18.2 Å². The van der Waals surface area contributed by atoms with E-state index in [1.54, 1.807) is 19.1 Å². The molecule has 0 heterocycles. The molecule has 0 aliphatic carbocycles. The summed E-state index contributed by atoms with van der Waals surface area (Å²) in [4.78, 5) is 11.9. The Balaban J connectivity index is 2.09. The third kappa shape index (κ3) is 5.29. The Labute approximate surface area is 154 Å². The van der Waals surface area contributed by atoms with Crippen molar-refractivity contribution in [3.05, 3.63) is 65.2 Å². The number of esters is 1. The number of benzene rings is 2. The first-order valence-corrected chi connectivity index (χ1v) is 8.86.